The normalized spacial score (nSPS) is 21.3. The lowest BCUT2D eigenvalue weighted by molar-refractivity contribution is -0.140. The monoisotopic (exact) mass is 369 g/mol. The van der Waals surface area contributed by atoms with Crippen molar-refractivity contribution in [2.75, 3.05) is 33.9 Å². The van der Waals surface area contributed by atoms with E-state index in [1.54, 1.807) is 0 Å². The van der Waals surface area contributed by atoms with Gasteiger partial charge in [-0.1, -0.05) is 33.6 Å². The zero-order valence-electron chi connectivity index (χ0n) is 17.4. The van der Waals surface area contributed by atoms with Gasteiger partial charge < -0.3 is 20.1 Å². The number of hydrogen-bond donors (Lipinski definition) is 2. The van der Waals surface area contributed by atoms with Crippen molar-refractivity contribution in [2.45, 2.75) is 71.8 Å². The Balaban J connectivity index is 2.21. The molecule has 0 aromatic heterocycles. The number of nitrogens with zero attached hydrogens (tertiary/aromatic N) is 1. The number of nitrogens with one attached hydrogen (secondary N) is 2. The number of guanidine groups is 1. The first kappa shape index (κ1) is 22.7. The van der Waals surface area contributed by atoms with E-state index in [0.717, 1.165) is 57.8 Å². The van der Waals surface area contributed by atoms with Crippen molar-refractivity contribution in [3.8, 4) is 0 Å². The summed E-state index contributed by atoms with van der Waals surface area (Å²) in [6.07, 6.45) is 7.26. The zero-order chi connectivity index (χ0) is 19.4. The predicted octanol–water partition coefficient (Wildman–Crippen LogP) is 3.12. The van der Waals surface area contributed by atoms with Crippen LogP contribution in [-0.2, 0) is 14.3 Å². The first-order valence-electron chi connectivity index (χ1n) is 10.0. The van der Waals surface area contributed by atoms with Crippen LogP contribution in [0.1, 0.15) is 65.7 Å². The van der Waals surface area contributed by atoms with Crippen LogP contribution in [0.5, 0.6) is 0 Å². The Kier molecular flexibility index (Phi) is 10.6. The quantitative estimate of drug-likeness (QED) is 0.283. The minimum Gasteiger partial charge on any atom is -0.469 e. The summed E-state index contributed by atoms with van der Waals surface area (Å²) in [5, 5.41) is 6.84. The molecule has 1 rings (SSSR count). The third-order valence-electron chi connectivity index (χ3n) is 4.88. The highest BCUT2D eigenvalue weighted by molar-refractivity contribution is 5.79. The second kappa shape index (κ2) is 12.2. The lowest BCUT2D eigenvalue weighted by Gasteiger charge is -2.40. The van der Waals surface area contributed by atoms with Gasteiger partial charge in [0.15, 0.2) is 5.96 Å². The summed E-state index contributed by atoms with van der Waals surface area (Å²) in [6.45, 7) is 9.42. The SMILES string of the molecule is CN=C(NCCCCCCC(=O)OC)NCC1CCCOC1C(C)(C)C. The standard InChI is InChI=1S/C20H39N3O3/c1-20(2,3)18-16(11-10-14-26-18)15-23-19(21-4)22-13-9-7-6-8-12-17(24)25-5/h16,18H,6-15H2,1-5H3,(H2,21,22,23). The van der Waals surface area contributed by atoms with Crippen molar-refractivity contribution in [3.05, 3.63) is 0 Å². The topological polar surface area (TPSA) is 72.0 Å². The van der Waals surface area contributed by atoms with Gasteiger partial charge in [0.2, 0.25) is 0 Å². The van der Waals surface area contributed by atoms with Crippen LogP contribution in [0.2, 0.25) is 0 Å². The summed E-state index contributed by atoms with van der Waals surface area (Å²) in [5.41, 5.74) is 0.161. The van der Waals surface area contributed by atoms with Gasteiger partial charge in [0.05, 0.1) is 13.2 Å². The molecule has 0 spiro atoms. The molecule has 26 heavy (non-hydrogen) atoms. The molecule has 0 radical (unpaired) electrons. The van der Waals surface area contributed by atoms with Crippen LogP contribution < -0.4 is 10.6 Å². The predicted molar refractivity (Wildman–Crippen MR) is 106 cm³/mol. The number of carbonyl (C=O) groups excluding carboxylic acids is 1. The molecule has 1 heterocycles. The lowest BCUT2D eigenvalue weighted by atomic mass is 9.78. The number of rotatable bonds is 9. The van der Waals surface area contributed by atoms with Crippen molar-refractivity contribution >= 4 is 11.9 Å². The third kappa shape index (κ3) is 8.88. The molecule has 2 N–H and O–H groups in total. The number of hydrogen-bond acceptors (Lipinski definition) is 4. The average Bonchev–Trinajstić information content (AvgIpc) is 2.62. The van der Waals surface area contributed by atoms with Crippen molar-refractivity contribution < 1.29 is 14.3 Å². The Labute approximate surface area is 159 Å². The molecule has 6 nitrogen and oxygen atoms in total. The van der Waals surface area contributed by atoms with Gasteiger partial charge in [0.25, 0.3) is 0 Å². The molecule has 1 saturated heterocycles. The molecule has 6 heteroatoms. The summed E-state index contributed by atoms with van der Waals surface area (Å²) in [7, 11) is 3.25. The largest absolute Gasteiger partial charge is 0.469 e. The Bertz CT molecular complexity index is 433. The van der Waals surface area contributed by atoms with Crippen molar-refractivity contribution in [3.63, 3.8) is 0 Å². The molecule has 1 aliphatic rings. The van der Waals surface area contributed by atoms with Crippen molar-refractivity contribution in [2.24, 2.45) is 16.3 Å². The first-order valence-corrected chi connectivity index (χ1v) is 10.0. The van der Waals surface area contributed by atoms with Crippen LogP contribution in [0.3, 0.4) is 0 Å². The summed E-state index contributed by atoms with van der Waals surface area (Å²) in [5.74, 6) is 1.26. The number of esters is 1. The fourth-order valence-corrected chi connectivity index (χ4v) is 3.51. The molecular weight excluding hydrogens is 330 g/mol. The maximum absolute atomic E-state index is 11.0. The minimum absolute atomic E-state index is 0.118. The molecule has 0 amide bonds. The van der Waals surface area contributed by atoms with Crippen LogP contribution in [-0.4, -0.2) is 51.9 Å². The van der Waals surface area contributed by atoms with E-state index in [0.29, 0.717) is 12.3 Å². The van der Waals surface area contributed by atoms with Gasteiger partial charge in [-0.3, -0.25) is 9.79 Å². The smallest absolute Gasteiger partial charge is 0.305 e. The highest BCUT2D eigenvalue weighted by atomic mass is 16.5. The van der Waals surface area contributed by atoms with Gasteiger partial charge in [-0.25, -0.2) is 0 Å². The Morgan fingerprint density at radius 1 is 1.19 bits per heavy atom. The van der Waals surface area contributed by atoms with Crippen LogP contribution in [0.25, 0.3) is 0 Å². The highest BCUT2D eigenvalue weighted by Crippen LogP contribution is 2.33. The molecule has 152 valence electrons. The molecular formula is C20H39N3O3. The molecule has 2 atom stereocenters. The third-order valence-corrected chi connectivity index (χ3v) is 4.88. The Hall–Kier alpha value is -1.30. The van der Waals surface area contributed by atoms with Crippen LogP contribution in [0.4, 0.5) is 0 Å². The maximum atomic E-state index is 11.0. The zero-order valence-corrected chi connectivity index (χ0v) is 17.4. The summed E-state index contributed by atoms with van der Waals surface area (Å²) in [6, 6.07) is 0. The van der Waals surface area contributed by atoms with Crippen LogP contribution in [0, 0.1) is 11.3 Å². The summed E-state index contributed by atoms with van der Waals surface area (Å²) < 4.78 is 10.7. The van der Waals surface area contributed by atoms with E-state index in [1.165, 1.54) is 13.5 Å². The molecule has 0 saturated carbocycles. The highest BCUT2D eigenvalue weighted by Gasteiger charge is 2.35. The van der Waals surface area contributed by atoms with E-state index in [1.807, 2.05) is 7.05 Å². The molecule has 0 aromatic rings. The van der Waals surface area contributed by atoms with Gasteiger partial charge in [-0.15, -0.1) is 0 Å². The Morgan fingerprint density at radius 3 is 2.58 bits per heavy atom. The average molecular weight is 370 g/mol. The van der Waals surface area contributed by atoms with Gasteiger partial charge in [0, 0.05) is 39.1 Å². The van der Waals surface area contributed by atoms with E-state index in [2.05, 4.69) is 41.1 Å². The molecule has 0 bridgehead atoms. The van der Waals surface area contributed by atoms with Crippen LogP contribution in [0.15, 0.2) is 4.99 Å². The molecule has 1 aliphatic heterocycles. The van der Waals surface area contributed by atoms with E-state index in [4.69, 9.17) is 4.74 Å². The second-order valence-corrected chi connectivity index (χ2v) is 8.18. The second-order valence-electron chi connectivity index (χ2n) is 8.18. The Morgan fingerprint density at radius 2 is 1.92 bits per heavy atom. The van der Waals surface area contributed by atoms with Crippen molar-refractivity contribution in [1.82, 2.24) is 10.6 Å². The van der Waals surface area contributed by atoms with Gasteiger partial charge in [0.1, 0.15) is 0 Å². The van der Waals surface area contributed by atoms with E-state index in [9.17, 15) is 4.79 Å². The number of ether oxygens (including phenoxy) is 2. The first-order chi connectivity index (χ1) is 12.4. The van der Waals surface area contributed by atoms with E-state index < -0.39 is 0 Å². The summed E-state index contributed by atoms with van der Waals surface area (Å²) in [4.78, 5) is 15.4. The number of methoxy groups -OCH3 is 1. The molecule has 0 aliphatic carbocycles. The van der Waals surface area contributed by atoms with Crippen molar-refractivity contribution in [1.29, 1.82) is 0 Å². The van der Waals surface area contributed by atoms with Gasteiger partial charge in [-0.05, 0) is 31.1 Å². The summed E-state index contributed by atoms with van der Waals surface area (Å²) >= 11 is 0. The fraction of sp³-hybridized carbons (Fsp3) is 0.900. The number of aliphatic imine (C=N–C) groups is 1. The van der Waals surface area contributed by atoms with Crippen LogP contribution >= 0.6 is 0 Å². The number of unbranched alkanes of at least 4 members (excludes halogenated alkanes) is 3. The molecule has 1 fully saturated rings. The van der Waals surface area contributed by atoms with Gasteiger partial charge in [-0.2, -0.15) is 0 Å². The maximum Gasteiger partial charge on any atom is 0.305 e. The van der Waals surface area contributed by atoms with E-state index >= 15 is 0 Å². The lowest BCUT2D eigenvalue weighted by Crippen LogP contribution is -2.47. The van der Waals surface area contributed by atoms with Gasteiger partial charge >= 0.3 is 5.97 Å². The van der Waals surface area contributed by atoms with E-state index in [-0.39, 0.29) is 17.5 Å². The number of carbonyl (C=O) groups is 1. The molecule has 2 unspecified atom stereocenters. The minimum atomic E-state index is -0.118. The molecule has 0 aromatic carbocycles. The fourth-order valence-electron chi connectivity index (χ4n) is 3.51.